The zero-order valence-electron chi connectivity index (χ0n) is 11.3. The molecule has 0 saturated carbocycles. The van der Waals surface area contributed by atoms with Crippen molar-refractivity contribution in [1.29, 1.82) is 0 Å². The summed E-state index contributed by atoms with van der Waals surface area (Å²) in [5.41, 5.74) is 0. The van der Waals surface area contributed by atoms with Crippen molar-refractivity contribution in [3.63, 3.8) is 0 Å². The molecule has 0 aromatic rings. The van der Waals surface area contributed by atoms with Crippen molar-refractivity contribution in [2.45, 2.75) is 0 Å². The Morgan fingerprint density at radius 2 is 0.458 bits per heavy atom. The van der Waals surface area contributed by atoms with Gasteiger partial charge >= 0.3 is 66.0 Å². The number of hydrogen-bond donors (Lipinski definition) is 0. The van der Waals surface area contributed by atoms with Crippen LogP contribution in [0.1, 0.15) is 0 Å². The van der Waals surface area contributed by atoms with E-state index in [-0.39, 0.29) is 9.41 Å². The Morgan fingerprint density at radius 3 is 0.542 bits per heavy atom. The van der Waals surface area contributed by atoms with Crippen molar-refractivity contribution >= 4 is 15.6 Å². The van der Waals surface area contributed by atoms with E-state index in [1.807, 2.05) is 0 Å². The summed E-state index contributed by atoms with van der Waals surface area (Å²) in [7, 11) is -21.3. The van der Waals surface area contributed by atoms with E-state index in [4.69, 9.17) is 0 Å². The van der Waals surface area contributed by atoms with Crippen LogP contribution in [0.15, 0.2) is 0 Å². The minimum absolute atomic E-state index is 0.372. The third-order valence-electron chi connectivity index (χ3n) is 2.70. The molecule has 0 N–H and O–H groups in total. The van der Waals surface area contributed by atoms with E-state index < -0.39 is 15.6 Å². The minimum atomic E-state index is -10.7. The van der Waals surface area contributed by atoms with Gasteiger partial charge in [0.2, 0.25) is 0 Å². The Morgan fingerprint density at radius 1 is 0.375 bits per heavy atom. The molecule has 0 amide bonds. The summed E-state index contributed by atoms with van der Waals surface area (Å²) in [4.78, 5) is 0. The summed E-state index contributed by atoms with van der Waals surface area (Å²) in [6.45, 7) is 2.23. The molecule has 154 valence electrons. The standard InChI is InChI=1S/C6H12F2N2.2F6P/c7-9-1-2-10(8,5-3-9)6-4-9;2*1-7(2,3,4,5)6/h1-6H2;;/q+2;2*-1. The summed E-state index contributed by atoms with van der Waals surface area (Å²) in [6.07, 6.45) is 0. The van der Waals surface area contributed by atoms with E-state index in [9.17, 15) is 59.3 Å². The van der Waals surface area contributed by atoms with E-state index in [1.54, 1.807) is 0 Å². The maximum atomic E-state index is 13.3. The molecular weight excluding hydrogens is 428 g/mol. The van der Waals surface area contributed by atoms with E-state index in [1.165, 1.54) is 0 Å². The SMILES string of the molecule is F[N+]12CC[N+](F)(CC1)CC2.F[P-](F)(F)(F)(F)F.F[P-](F)(F)(F)(F)F. The van der Waals surface area contributed by atoms with Crippen molar-refractivity contribution in [3.8, 4) is 0 Å². The van der Waals surface area contributed by atoms with Crippen LogP contribution in [0.3, 0.4) is 0 Å². The average molecular weight is 440 g/mol. The Kier molecular flexibility index (Phi) is 4.70. The zero-order valence-corrected chi connectivity index (χ0v) is 13.1. The van der Waals surface area contributed by atoms with Crippen molar-refractivity contribution in [1.82, 2.24) is 0 Å². The van der Waals surface area contributed by atoms with Gasteiger partial charge in [-0.2, -0.15) is 0 Å². The molecule has 3 aliphatic rings. The van der Waals surface area contributed by atoms with E-state index in [2.05, 4.69) is 0 Å². The fraction of sp³-hybridized carbons (Fsp3) is 1.00. The molecule has 3 aliphatic heterocycles. The number of halogens is 14. The topological polar surface area (TPSA) is 0 Å². The van der Waals surface area contributed by atoms with Gasteiger partial charge in [-0.05, 0) is 8.96 Å². The average Bonchev–Trinajstić information content (AvgIpc) is 2.11. The molecule has 3 heterocycles. The third kappa shape index (κ3) is 21.8. The first-order chi connectivity index (χ1) is 9.52. The molecule has 18 heteroatoms. The van der Waals surface area contributed by atoms with E-state index >= 15 is 0 Å². The molecule has 0 spiro atoms. The summed E-state index contributed by atoms with van der Waals surface area (Å²) in [5, 5.41) is 0. The molecule has 0 aliphatic carbocycles. The zero-order chi connectivity index (χ0) is 20.1. The second kappa shape index (κ2) is 4.74. The van der Waals surface area contributed by atoms with Crippen LogP contribution in [0, 0.1) is 0 Å². The molecule has 3 fully saturated rings. The molecule has 0 aromatic carbocycles. The van der Waals surface area contributed by atoms with Gasteiger partial charge in [-0.1, -0.05) is 0 Å². The first-order valence-corrected chi connectivity index (χ1v) is 9.82. The van der Waals surface area contributed by atoms with E-state index in [0.29, 0.717) is 39.3 Å². The van der Waals surface area contributed by atoms with Gasteiger partial charge in [-0.25, -0.2) is 0 Å². The summed E-state index contributed by atoms with van der Waals surface area (Å²) < 4.78 is 144. The van der Waals surface area contributed by atoms with Gasteiger partial charge in [0.25, 0.3) is 0 Å². The number of fused-ring (bicyclic) bond motifs is 3. The van der Waals surface area contributed by atoms with Crippen LogP contribution in [0.5, 0.6) is 0 Å². The molecule has 0 radical (unpaired) electrons. The van der Waals surface area contributed by atoms with Crippen LogP contribution >= 0.6 is 15.6 Å². The predicted molar refractivity (Wildman–Crippen MR) is 59.1 cm³/mol. The van der Waals surface area contributed by atoms with Gasteiger partial charge < -0.3 is 0 Å². The van der Waals surface area contributed by atoms with Gasteiger partial charge in [-0.15, -0.1) is 9.41 Å². The Labute approximate surface area is 125 Å². The quantitative estimate of drug-likeness (QED) is 0.213. The molecule has 3 rings (SSSR count). The van der Waals surface area contributed by atoms with Gasteiger partial charge in [0.05, 0.1) is 0 Å². The predicted octanol–water partition coefficient (Wildman–Crippen LogP) is 7.18. The van der Waals surface area contributed by atoms with Crippen molar-refractivity contribution in [3.05, 3.63) is 0 Å². The molecule has 3 saturated heterocycles. The molecule has 24 heavy (non-hydrogen) atoms. The fourth-order valence-electron chi connectivity index (χ4n) is 1.75. The number of quaternary nitrogens is 2. The van der Waals surface area contributed by atoms with Gasteiger partial charge in [-0.3, -0.25) is 0 Å². The number of nitrogens with zero attached hydrogens (tertiary/aromatic N) is 2. The summed E-state index contributed by atoms with van der Waals surface area (Å²) >= 11 is 0. The van der Waals surface area contributed by atoms with Crippen LogP contribution < -0.4 is 0 Å². The monoisotopic (exact) mass is 440 g/mol. The normalized spacial score (nSPS) is 35.8. The molecule has 0 aromatic heterocycles. The third-order valence-corrected chi connectivity index (χ3v) is 2.70. The van der Waals surface area contributed by atoms with Gasteiger partial charge in [0.1, 0.15) is 0 Å². The first-order valence-electron chi connectivity index (χ1n) is 5.76. The van der Waals surface area contributed by atoms with E-state index in [0.717, 1.165) is 0 Å². The van der Waals surface area contributed by atoms with Crippen molar-refractivity contribution in [2.24, 2.45) is 0 Å². The number of piperazine rings is 3. The van der Waals surface area contributed by atoms with Crippen molar-refractivity contribution < 1.29 is 68.7 Å². The molecule has 0 atom stereocenters. The van der Waals surface area contributed by atoms with Crippen LogP contribution in [-0.4, -0.2) is 48.7 Å². The van der Waals surface area contributed by atoms with Gasteiger partial charge in [0, 0.05) is 0 Å². The molecular formula is C6H12F14N2P2. The molecule has 2 bridgehead atoms. The van der Waals surface area contributed by atoms with Crippen molar-refractivity contribution in [2.75, 3.05) is 39.3 Å². The maximum absolute atomic E-state index is 13.3. The number of rotatable bonds is 0. The number of hydrogen-bond acceptors (Lipinski definition) is 0. The molecule has 0 unspecified atom stereocenters. The van der Waals surface area contributed by atoms with Crippen LogP contribution in [0.4, 0.5) is 59.3 Å². The second-order valence-corrected chi connectivity index (χ2v) is 9.15. The van der Waals surface area contributed by atoms with Crippen LogP contribution in [-0.2, 0) is 0 Å². The Balaban J connectivity index is 0.000000343. The fourth-order valence-corrected chi connectivity index (χ4v) is 1.75. The molecule has 2 nitrogen and oxygen atoms in total. The summed E-state index contributed by atoms with van der Waals surface area (Å²) in [5.74, 6) is 0. The Hall–Kier alpha value is -0.200. The Bertz CT molecular complexity index is 380. The second-order valence-electron chi connectivity index (χ2n) is 5.32. The first kappa shape index (κ1) is 23.8. The van der Waals surface area contributed by atoms with Crippen LogP contribution in [0.25, 0.3) is 0 Å². The summed E-state index contributed by atoms with van der Waals surface area (Å²) in [6, 6.07) is 0. The van der Waals surface area contributed by atoms with Crippen LogP contribution in [0.2, 0.25) is 0 Å². The van der Waals surface area contributed by atoms with Gasteiger partial charge in [0.15, 0.2) is 39.3 Å².